The number of aromatic amines is 1. The molecule has 1 N–H and O–H groups in total. The molecule has 3 rings (SSSR count). The van der Waals surface area contributed by atoms with E-state index in [-0.39, 0.29) is 5.56 Å². The Morgan fingerprint density at radius 1 is 1.17 bits per heavy atom. The van der Waals surface area contributed by atoms with Crippen LogP contribution < -0.4 is 5.56 Å². The lowest BCUT2D eigenvalue weighted by Gasteiger charge is -2.06. The third-order valence-corrected chi connectivity index (χ3v) is 2.92. The number of fused-ring (bicyclic) bond motifs is 1. The van der Waals surface area contributed by atoms with E-state index in [2.05, 4.69) is 15.0 Å². The highest BCUT2D eigenvalue weighted by Gasteiger charge is 2.12. The molecule has 0 atom stereocenters. The van der Waals surface area contributed by atoms with E-state index in [4.69, 9.17) is 0 Å². The van der Waals surface area contributed by atoms with Gasteiger partial charge in [0.25, 0.3) is 5.56 Å². The molecule has 0 fully saturated rings. The van der Waals surface area contributed by atoms with Crippen molar-refractivity contribution < 1.29 is 0 Å². The van der Waals surface area contributed by atoms with Crippen molar-refractivity contribution in [2.75, 3.05) is 0 Å². The van der Waals surface area contributed by atoms with Crippen LogP contribution in [0.4, 0.5) is 0 Å². The summed E-state index contributed by atoms with van der Waals surface area (Å²) in [6, 6.07) is 7.95. The van der Waals surface area contributed by atoms with Gasteiger partial charge in [0.05, 0.1) is 6.33 Å². The molecule has 0 aliphatic carbocycles. The minimum absolute atomic E-state index is 0.179. The first-order valence-electron chi connectivity index (χ1n) is 5.66. The quantitative estimate of drug-likeness (QED) is 0.704. The van der Waals surface area contributed by atoms with Crippen LogP contribution in [0.25, 0.3) is 16.9 Å². The van der Waals surface area contributed by atoms with Crippen LogP contribution in [0.2, 0.25) is 0 Å². The maximum Gasteiger partial charge on any atom is 0.277 e. The number of nitrogens with one attached hydrogen (secondary N) is 1. The summed E-state index contributed by atoms with van der Waals surface area (Å²) in [5.41, 5.74) is 2.86. The van der Waals surface area contributed by atoms with Crippen LogP contribution in [0, 0.1) is 13.8 Å². The van der Waals surface area contributed by atoms with Crippen LogP contribution in [-0.2, 0) is 0 Å². The molecule has 1 aromatic carbocycles. The van der Waals surface area contributed by atoms with Crippen molar-refractivity contribution >= 4 is 11.2 Å². The molecule has 0 aliphatic heterocycles. The minimum atomic E-state index is -0.179. The van der Waals surface area contributed by atoms with Crippen LogP contribution in [0.3, 0.4) is 0 Å². The second-order valence-electron chi connectivity index (χ2n) is 4.23. The molecular formula is C13H12N4O. The van der Waals surface area contributed by atoms with Crippen LogP contribution >= 0.6 is 0 Å². The highest BCUT2D eigenvalue weighted by atomic mass is 16.1. The maximum absolute atomic E-state index is 11.9. The number of benzene rings is 1. The van der Waals surface area contributed by atoms with E-state index in [0.29, 0.717) is 11.2 Å². The second kappa shape index (κ2) is 3.80. The summed E-state index contributed by atoms with van der Waals surface area (Å²) in [6.07, 6.45) is 1.37. The molecule has 0 saturated heterocycles. The Balaban J connectivity index is 2.38. The van der Waals surface area contributed by atoms with Gasteiger partial charge < -0.3 is 4.98 Å². The largest absolute Gasteiger partial charge is 0.311 e. The number of H-pyrrole nitrogens is 1. The first-order valence-corrected chi connectivity index (χ1v) is 5.66. The molecule has 5 nitrogen and oxygen atoms in total. The summed E-state index contributed by atoms with van der Waals surface area (Å²) in [5, 5.41) is 0. The molecule has 0 radical (unpaired) electrons. The van der Waals surface area contributed by atoms with Gasteiger partial charge in [-0.1, -0.05) is 17.7 Å². The number of aryl methyl sites for hydroxylation is 2. The number of imidazole rings is 1. The van der Waals surface area contributed by atoms with Gasteiger partial charge in [0.2, 0.25) is 0 Å². The van der Waals surface area contributed by atoms with Crippen LogP contribution in [-0.4, -0.2) is 19.5 Å². The molecule has 2 aromatic heterocycles. The lowest BCUT2D eigenvalue weighted by Crippen LogP contribution is -2.10. The number of hydrogen-bond acceptors (Lipinski definition) is 3. The van der Waals surface area contributed by atoms with Gasteiger partial charge in [-0.05, 0) is 26.0 Å². The first kappa shape index (κ1) is 10.7. The number of aromatic nitrogens is 4. The summed E-state index contributed by atoms with van der Waals surface area (Å²) in [6.45, 7) is 3.89. The van der Waals surface area contributed by atoms with Gasteiger partial charge in [-0.2, -0.15) is 0 Å². The number of hydrogen-bond donors (Lipinski definition) is 1. The highest BCUT2D eigenvalue weighted by Crippen LogP contribution is 2.17. The molecule has 3 aromatic rings. The summed E-state index contributed by atoms with van der Waals surface area (Å²) in [4.78, 5) is 22.9. The topological polar surface area (TPSA) is 63.6 Å². The first-order chi connectivity index (χ1) is 8.66. The van der Waals surface area contributed by atoms with Gasteiger partial charge in [-0.25, -0.2) is 9.97 Å². The van der Waals surface area contributed by atoms with Gasteiger partial charge in [-0.3, -0.25) is 9.36 Å². The molecule has 0 saturated carbocycles. The highest BCUT2D eigenvalue weighted by molar-refractivity contribution is 5.72. The van der Waals surface area contributed by atoms with Gasteiger partial charge >= 0.3 is 0 Å². The zero-order valence-electron chi connectivity index (χ0n) is 10.1. The molecule has 0 bridgehead atoms. The Bertz CT molecular complexity index is 768. The smallest absolute Gasteiger partial charge is 0.277 e. The Labute approximate surface area is 103 Å². The molecule has 5 heteroatoms. The normalized spacial score (nSPS) is 11.0. The van der Waals surface area contributed by atoms with E-state index in [1.165, 1.54) is 11.9 Å². The number of nitrogens with zero attached hydrogens (tertiary/aromatic N) is 3. The molecule has 2 heterocycles. The molecule has 0 amide bonds. The van der Waals surface area contributed by atoms with Gasteiger partial charge in [0, 0.05) is 5.69 Å². The zero-order chi connectivity index (χ0) is 12.7. The SMILES string of the molecule is Cc1ccc(-n2c(C)nc3nc[nH]c(=O)c32)cc1. The average Bonchev–Trinajstić information content (AvgIpc) is 2.68. The Morgan fingerprint density at radius 2 is 1.89 bits per heavy atom. The fourth-order valence-electron chi connectivity index (χ4n) is 2.04. The molecule has 90 valence electrons. The zero-order valence-corrected chi connectivity index (χ0v) is 10.1. The lowest BCUT2D eigenvalue weighted by molar-refractivity contribution is 0.993. The maximum atomic E-state index is 11.9. The minimum Gasteiger partial charge on any atom is -0.311 e. The predicted octanol–water partition coefficient (Wildman–Crippen LogP) is 1.73. The van der Waals surface area contributed by atoms with Crippen molar-refractivity contribution in [2.45, 2.75) is 13.8 Å². The molecule has 18 heavy (non-hydrogen) atoms. The monoisotopic (exact) mass is 240 g/mol. The summed E-state index contributed by atoms with van der Waals surface area (Å²) < 4.78 is 1.82. The van der Waals surface area contributed by atoms with Crippen molar-refractivity contribution in [3.8, 4) is 5.69 Å². The van der Waals surface area contributed by atoms with E-state index >= 15 is 0 Å². The Morgan fingerprint density at radius 3 is 2.61 bits per heavy atom. The van der Waals surface area contributed by atoms with Gasteiger partial charge in [0.1, 0.15) is 5.82 Å². The Hall–Kier alpha value is -2.43. The van der Waals surface area contributed by atoms with Crippen LogP contribution in [0.1, 0.15) is 11.4 Å². The van der Waals surface area contributed by atoms with Gasteiger partial charge in [-0.15, -0.1) is 0 Å². The third-order valence-electron chi connectivity index (χ3n) is 2.92. The summed E-state index contributed by atoms with van der Waals surface area (Å²) in [5.74, 6) is 0.748. The van der Waals surface area contributed by atoms with E-state index in [9.17, 15) is 4.79 Å². The van der Waals surface area contributed by atoms with E-state index in [1.807, 2.05) is 42.7 Å². The van der Waals surface area contributed by atoms with E-state index < -0.39 is 0 Å². The summed E-state index contributed by atoms with van der Waals surface area (Å²) >= 11 is 0. The van der Waals surface area contributed by atoms with Crippen molar-refractivity contribution in [1.29, 1.82) is 0 Å². The lowest BCUT2D eigenvalue weighted by atomic mass is 10.2. The predicted molar refractivity (Wildman–Crippen MR) is 69.0 cm³/mol. The Kier molecular flexibility index (Phi) is 2.26. The van der Waals surface area contributed by atoms with E-state index in [0.717, 1.165) is 11.5 Å². The average molecular weight is 240 g/mol. The van der Waals surface area contributed by atoms with Crippen molar-refractivity contribution in [1.82, 2.24) is 19.5 Å². The standard InChI is InChI=1S/C13H12N4O/c1-8-3-5-10(6-4-8)17-9(2)16-12-11(17)13(18)15-7-14-12/h3-7H,1-2H3,(H,14,15,18). The van der Waals surface area contributed by atoms with Crippen molar-refractivity contribution in [2.24, 2.45) is 0 Å². The van der Waals surface area contributed by atoms with Crippen LogP contribution in [0.5, 0.6) is 0 Å². The number of rotatable bonds is 1. The third kappa shape index (κ3) is 1.52. The van der Waals surface area contributed by atoms with Gasteiger partial charge in [0.15, 0.2) is 11.2 Å². The van der Waals surface area contributed by atoms with Crippen LogP contribution in [0.15, 0.2) is 35.4 Å². The second-order valence-corrected chi connectivity index (χ2v) is 4.23. The molecular weight excluding hydrogens is 228 g/mol. The summed E-state index contributed by atoms with van der Waals surface area (Å²) in [7, 11) is 0. The fraction of sp³-hybridized carbons (Fsp3) is 0.154. The van der Waals surface area contributed by atoms with Crippen molar-refractivity contribution in [3.63, 3.8) is 0 Å². The molecule has 0 unspecified atom stereocenters. The van der Waals surface area contributed by atoms with Crippen molar-refractivity contribution in [3.05, 3.63) is 52.3 Å². The molecule has 0 spiro atoms. The van der Waals surface area contributed by atoms with E-state index in [1.54, 1.807) is 0 Å². The fourth-order valence-corrected chi connectivity index (χ4v) is 2.04. The molecule has 0 aliphatic rings.